The Labute approximate surface area is 171 Å². The van der Waals surface area contributed by atoms with E-state index in [4.69, 9.17) is 9.47 Å². The van der Waals surface area contributed by atoms with Gasteiger partial charge in [0.25, 0.3) is 5.56 Å². The molecule has 0 saturated carbocycles. The van der Waals surface area contributed by atoms with Gasteiger partial charge in [0.15, 0.2) is 0 Å². The van der Waals surface area contributed by atoms with Crippen LogP contribution in [-0.4, -0.2) is 33.5 Å². The summed E-state index contributed by atoms with van der Waals surface area (Å²) < 4.78 is 26.1. The van der Waals surface area contributed by atoms with E-state index in [-0.39, 0.29) is 13.0 Å². The number of hydrogen-bond acceptors (Lipinski definition) is 5. The lowest BCUT2D eigenvalue weighted by Crippen LogP contribution is -2.34. The Kier molecular flexibility index (Phi) is 5.89. The summed E-state index contributed by atoms with van der Waals surface area (Å²) in [6.45, 7) is -0.0180. The van der Waals surface area contributed by atoms with Gasteiger partial charge < -0.3 is 14.6 Å². The summed E-state index contributed by atoms with van der Waals surface area (Å²) in [5.74, 6) is -1.08. The van der Waals surface area contributed by atoms with Crippen molar-refractivity contribution in [1.29, 1.82) is 0 Å². The molecule has 1 aromatic heterocycles. The second-order valence-corrected chi connectivity index (χ2v) is 7.10. The lowest BCUT2D eigenvalue weighted by molar-refractivity contribution is -0.0659. The van der Waals surface area contributed by atoms with Crippen LogP contribution in [0, 0.1) is 5.82 Å². The molecular weight excluding hydrogens is 391 g/mol. The topological polar surface area (TPSA) is 93.6 Å². The van der Waals surface area contributed by atoms with Gasteiger partial charge in [0, 0.05) is 6.42 Å². The monoisotopic (exact) mass is 412 g/mol. The Balaban J connectivity index is 1.43. The number of nitrogens with zero attached hydrogens (tertiary/aromatic N) is 1. The molecule has 0 bridgehead atoms. The van der Waals surface area contributed by atoms with E-state index in [1.54, 1.807) is 0 Å². The fourth-order valence-electron chi connectivity index (χ4n) is 3.51. The van der Waals surface area contributed by atoms with Crippen molar-refractivity contribution in [2.24, 2.45) is 0 Å². The molecule has 2 N–H and O–H groups in total. The van der Waals surface area contributed by atoms with E-state index in [9.17, 15) is 19.1 Å². The molecule has 0 spiro atoms. The van der Waals surface area contributed by atoms with Gasteiger partial charge in [-0.15, -0.1) is 0 Å². The zero-order valence-corrected chi connectivity index (χ0v) is 16.0. The number of aliphatic hydroxyl groups is 1. The smallest absolute Gasteiger partial charge is 0.330 e. The van der Waals surface area contributed by atoms with Gasteiger partial charge in [0.1, 0.15) is 12.3 Å². The molecule has 3 aromatic rings. The molecule has 1 aliphatic rings. The van der Waals surface area contributed by atoms with E-state index in [0.717, 1.165) is 27.5 Å². The second-order valence-electron chi connectivity index (χ2n) is 7.10. The highest BCUT2D eigenvalue weighted by Crippen LogP contribution is 2.30. The molecule has 1 fully saturated rings. The predicted molar refractivity (Wildman–Crippen MR) is 107 cm³/mol. The standard InChI is InChI=1S/C22H21FN2O5/c23-17-11-25(22(28)24-21(17)27)20-10-18(19(12-26)30-20)29-13-14-6-8-16(9-7-14)15-4-2-1-3-5-15/h1-9,11,18-20,26H,10,12-13H2,(H,24,27,28)/t18-,19+,20+/m0/s1. The quantitative estimate of drug-likeness (QED) is 0.648. The van der Waals surface area contributed by atoms with E-state index in [1.807, 2.05) is 59.6 Å². The average Bonchev–Trinajstić information content (AvgIpc) is 3.19. The van der Waals surface area contributed by atoms with Gasteiger partial charge in [0.2, 0.25) is 5.82 Å². The maximum absolute atomic E-state index is 13.6. The zero-order chi connectivity index (χ0) is 21.1. The van der Waals surface area contributed by atoms with Crippen LogP contribution in [0.1, 0.15) is 18.2 Å². The number of benzene rings is 2. The van der Waals surface area contributed by atoms with Crippen LogP contribution in [0.25, 0.3) is 11.1 Å². The molecule has 1 aliphatic heterocycles. The number of hydrogen-bond donors (Lipinski definition) is 2. The lowest BCUT2D eigenvalue weighted by Gasteiger charge is -2.16. The van der Waals surface area contributed by atoms with Crippen LogP contribution >= 0.6 is 0 Å². The van der Waals surface area contributed by atoms with Crippen molar-refractivity contribution in [2.45, 2.75) is 31.5 Å². The molecule has 156 valence electrons. The molecule has 30 heavy (non-hydrogen) atoms. The minimum Gasteiger partial charge on any atom is -0.394 e. The van der Waals surface area contributed by atoms with Crippen molar-refractivity contribution < 1.29 is 19.0 Å². The first-order chi connectivity index (χ1) is 14.5. The van der Waals surface area contributed by atoms with E-state index in [0.29, 0.717) is 6.61 Å². The predicted octanol–water partition coefficient (Wildman–Crippen LogP) is 2.21. The van der Waals surface area contributed by atoms with Crippen LogP contribution in [0.2, 0.25) is 0 Å². The van der Waals surface area contributed by atoms with Crippen LogP contribution in [-0.2, 0) is 16.1 Å². The van der Waals surface area contributed by atoms with Gasteiger partial charge in [-0.1, -0.05) is 54.6 Å². The summed E-state index contributed by atoms with van der Waals surface area (Å²) in [5, 5.41) is 9.60. The molecule has 1 saturated heterocycles. The first-order valence-corrected chi connectivity index (χ1v) is 9.58. The molecule has 2 heterocycles. The largest absolute Gasteiger partial charge is 0.394 e. The number of halogens is 1. The minimum absolute atomic E-state index is 0.235. The molecule has 4 rings (SSSR count). The Morgan fingerprint density at radius 2 is 1.80 bits per heavy atom. The molecule has 8 heteroatoms. The zero-order valence-electron chi connectivity index (χ0n) is 16.0. The highest BCUT2D eigenvalue weighted by Gasteiger charge is 2.37. The number of aliphatic hydroxyl groups excluding tert-OH is 1. The molecular formula is C22H21FN2O5. The minimum atomic E-state index is -1.08. The Morgan fingerprint density at radius 3 is 2.50 bits per heavy atom. The highest BCUT2D eigenvalue weighted by atomic mass is 19.1. The van der Waals surface area contributed by atoms with Crippen LogP contribution in [0.5, 0.6) is 0 Å². The van der Waals surface area contributed by atoms with Gasteiger partial charge in [-0.2, -0.15) is 4.39 Å². The maximum atomic E-state index is 13.6. The van der Waals surface area contributed by atoms with Crippen molar-refractivity contribution in [3.63, 3.8) is 0 Å². The summed E-state index contributed by atoms with van der Waals surface area (Å²) in [6.07, 6.45) is -0.952. The Hall–Kier alpha value is -3.07. The third kappa shape index (κ3) is 4.25. The van der Waals surface area contributed by atoms with Gasteiger partial charge in [-0.3, -0.25) is 14.3 Å². The maximum Gasteiger partial charge on any atom is 0.330 e. The SMILES string of the molecule is O=c1[nH]c(=O)n([C@H]2C[C@H](OCc3ccc(-c4ccccc4)cc3)[C@@H](CO)O2)cc1F. The first-order valence-electron chi connectivity index (χ1n) is 9.58. The summed E-state index contributed by atoms with van der Waals surface area (Å²) >= 11 is 0. The van der Waals surface area contributed by atoms with Crippen molar-refractivity contribution in [1.82, 2.24) is 9.55 Å². The van der Waals surface area contributed by atoms with Gasteiger partial charge in [-0.05, 0) is 16.7 Å². The molecule has 7 nitrogen and oxygen atoms in total. The van der Waals surface area contributed by atoms with Crippen molar-refractivity contribution in [3.8, 4) is 11.1 Å². The number of aromatic amines is 1. The Bertz CT molecular complexity index is 1110. The third-order valence-electron chi connectivity index (χ3n) is 5.12. The fraction of sp³-hybridized carbons (Fsp3) is 0.273. The normalized spacial score (nSPS) is 21.1. The molecule has 2 aromatic carbocycles. The van der Waals surface area contributed by atoms with E-state index >= 15 is 0 Å². The molecule has 0 radical (unpaired) electrons. The van der Waals surface area contributed by atoms with Crippen LogP contribution < -0.4 is 11.2 Å². The number of ether oxygens (including phenoxy) is 2. The van der Waals surface area contributed by atoms with Crippen molar-refractivity contribution >= 4 is 0 Å². The van der Waals surface area contributed by atoms with Gasteiger partial charge >= 0.3 is 5.69 Å². The van der Waals surface area contributed by atoms with Crippen LogP contribution in [0.15, 0.2) is 70.4 Å². The molecule has 0 amide bonds. The van der Waals surface area contributed by atoms with Crippen LogP contribution in [0.4, 0.5) is 4.39 Å². The van der Waals surface area contributed by atoms with E-state index < -0.39 is 35.5 Å². The number of aromatic nitrogens is 2. The number of H-pyrrole nitrogens is 1. The lowest BCUT2D eigenvalue weighted by atomic mass is 10.0. The Morgan fingerprint density at radius 1 is 1.10 bits per heavy atom. The summed E-state index contributed by atoms with van der Waals surface area (Å²) in [6, 6.07) is 18.0. The van der Waals surface area contributed by atoms with Crippen molar-refractivity contribution in [2.75, 3.05) is 6.61 Å². The number of rotatable bonds is 6. The first kappa shape index (κ1) is 20.2. The van der Waals surface area contributed by atoms with Gasteiger partial charge in [-0.25, -0.2) is 4.79 Å². The second kappa shape index (κ2) is 8.74. The van der Waals surface area contributed by atoms with Gasteiger partial charge in [0.05, 0.1) is 25.5 Å². The molecule has 0 unspecified atom stereocenters. The van der Waals surface area contributed by atoms with E-state index in [1.165, 1.54) is 0 Å². The molecule has 3 atom stereocenters. The highest BCUT2D eigenvalue weighted by molar-refractivity contribution is 5.63. The fourth-order valence-corrected chi connectivity index (χ4v) is 3.51. The molecule has 0 aliphatic carbocycles. The summed E-state index contributed by atoms with van der Waals surface area (Å²) in [5.41, 5.74) is 1.30. The van der Waals surface area contributed by atoms with E-state index in [2.05, 4.69) is 0 Å². The average molecular weight is 412 g/mol. The summed E-state index contributed by atoms with van der Waals surface area (Å²) in [4.78, 5) is 25.1. The summed E-state index contributed by atoms with van der Waals surface area (Å²) in [7, 11) is 0. The third-order valence-corrected chi connectivity index (χ3v) is 5.12. The van der Waals surface area contributed by atoms with Crippen molar-refractivity contribution in [3.05, 3.63) is 93.0 Å². The number of nitrogens with one attached hydrogen (secondary N) is 1. The van der Waals surface area contributed by atoms with Crippen LogP contribution in [0.3, 0.4) is 0 Å².